The zero-order valence-corrected chi connectivity index (χ0v) is 9.43. The van der Waals surface area contributed by atoms with E-state index >= 15 is 0 Å². The van der Waals surface area contributed by atoms with Crippen molar-refractivity contribution in [3.63, 3.8) is 0 Å². The Kier molecular flexibility index (Phi) is 2.32. The van der Waals surface area contributed by atoms with Gasteiger partial charge < -0.3 is 0 Å². The number of thioether (sulfide) groups is 1. The topological polar surface area (TPSA) is 17.1 Å². The molecule has 0 spiro atoms. The summed E-state index contributed by atoms with van der Waals surface area (Å²) in [5, 5.41) is 0.258. The van der Waals surface area contributed by atoms with Crippen molar-refractivity contribution in [2.75, 3.05) is 0 Å². The van der Waals surface area contributed by atoms with Crippen LogP contribution in [0.5, 0.6) is 0 Å². The maximum Gasteiger partial charge on any atom is 0.146 e. The van der Waals surface area contributed by atoms with Gasteiger partial charge in [0.15, 0.2) is 0 Å². The summed E-state index contributed by atoms with van der Waals surface area (Å²) in [7, 11) is 0. The summed E-state index contributed by atoms with van der Waals surface area (Å²) in [4.78, 5) is 11.8. The Hall–Kier alpha value is -0.760. The third kappa shape index (κ3) is 1.51. The van der Waals surface area contributed by atoms with Gasteiger partial charge in [-0.05, 0) is 24.0 Å². The van der Waals surface area contributed by atoms with Gasteiger partial charge in [0, 0.05) is 18.1 Å². The molecule has 2 atom stereocenters. The van der Waals surface area contributed by atoms with Crippen LogP contribution in [0.2, 0.25) is 0 Å². The zero-order valence-electron chi connectivity index (χ0n) is 8.61. The average molecular weight is 218 g/mol. The van der Waals surface area contributed by atoms with E-state index < -0.39 is 0 Å². The van der Waals surface area contributed by atoms with E-state index in [4.69, 9.17) is 0 Å². The molecule has 0 unspecified atom stereocenters. The molecule has 3 rings (SSSR count). The van der Waals surface area contributed by atoms with Gasteiger partial charge in [-0.1, -0.05) is 24.3 Å². The Morgan fingerprint density at radius 3 is 3.07 bits per heavy atom. The van der Waals surface area contributed by atoms with E-state index in [1.54, 1.807) is 0 Å². The van der Waals surface area contributed by atoms with Crippen molar-refractivity contribution < 1.29 is 4.79 Å². The minimum atomic E-state index is 0.258. The van der Waals surface area contributed by atoms with Gasteiger partial charge >= 0.3 is 0 Å². The van der Waals surface area contributed by atoms with Gasteiger partial charge in [-0.15, -0.1) is 11.8 Å². The summed E-state index contributed by atoms with van der Waals surface area (Å²) < 4.78 is 0. The molecule has 78 valence electrons. The quantitative estimate of drug-likeness (QED) is 0.665. The number of hydrogen-bond donors (Lipinski definition) is 0. The molecule has 1 heterocycles. The first kappa shape index (κ1) is 9.46. The second kappa shape index (κ2) is 3.67. The predicted octanol–water partition coefficient (Wildman–Crippen LogP) is 3.14. The van der Waals surface area contributed by atoms with Gasteiger partial charge in [-0.2, -0.15) is 0 Å². The molecule has 1 aromatic carbocycles. The third-order valence-electron chi connectivity index (χ3n) is 3.49. The van der Waals surface area contributed by atoms with Crippen molar-refractivity contribution in [1.82, 2.24) is 0 Å². The summed E-state index contributed by atoms with van der Waals surface area (Å²) in [5.74, 6) is 2.00. The summed E-state index contributed by atoms with van der Waals surface area (Å²) in [5.41, 5.74) is 2.88. The first-order chi connectivity index (χ1) is 7.36. The van der Waals surface area contributed by atoms with Crippen molar-refractivity contribution in [3.8, 4) is 0 Å². The Morgan fingerprint density at radius 2 is 2.13 bits per heavy atom. The number of fused-ring (bicyclic) bond motifs is 3. The lowest BCUT2D eigenvalue weighted by Gasteiger charge is -2.35. The first-order valence-corrected chi connectivity index (χ1v) is 6.63. The Morgan fingerprint density at radius 1 is 1.27 bits per heavy atom. The molecule has 1 nitrogen and oxygen atoms in total. The van der Waals surface area contributed by atoms with Crippen molar-refractivity contribution in [3.05, 3.63) is 35.4 Å². The number of hydrogen-bond acceptors (Lipinski definition) is 2. The van der Waals surface area contributed by atoms with Crippen molar-refractivity contribution in [2.24, 2.45) is 0 Å². The van der Waals surface area contributed by atoms with Gasteiger partial charge in [0.1, 0.15) is 5.78 Å². The maximum absolute atomic E-state index is 11.8. The van der Waals surface area contributed by atoms with Crippen LogP contribution >= 0.6 is 11.8 Å². The van der Waals surface area contributed by atoms with E-state index in [-0.39, 0.29) is 5.25 Å². The molecule has 1 fully saturated rings. The Balaban J connectivity index is 2.02. The van der Waals surface area contributed by atoms with Crippen LogP contribution in [0.3, 0.4) is 0 Å². The molecule has 2 heteroatoms. The Bertz CT molecular complexity index is 399. The first-order valence-electron chi connectivity index (χ1n) is 5.58. The van der Waals surface area contributed by atoms with E-state index in [0.29, 0.717) is 11.7 Å². The fraction of sp³-hybridized carbons (Fsp3) is 0.462. The summed E-state index contributed by atoms with van der Waals surface area (Å²) in [6, 6.07) is 8.62. The van der Waals surface area contributed by atoms with Crippen LogP contribution in [0.15, 0.2) is 24.3 Å². The monoisotopic (exact) mass is 218 g/mol. The molecule has 15 heavy (non-hydrogen) atoms. The van der Waals surface area contributed by atoms with E-state index in [2.05, 4.69) is 24.3 Å². The van der Waals surface area contributed by atoms with Crippen LogP contribution in [0.25, 0.3) is 0 Å². The van der Waals surface area contributed by atoms with E-state index in [1.165, 1.54) is 17.5 Å². The number of ketones is 1. The second-order valence-corrected chi connectivity index (χ2v) is 5.53. The van der Waals surface area contributed by atoms with Crippen LogP contribution in [-0.2, 0) is 10.5 Å². The number of rotatable bonds is 0. The molecular weight excluding hydrogens is 204 g/mol. The van der Waals surface area contributed by atoms with Gasteiger partial charge in [0.25, 0.3) is 0 Å². The smallest absolute Gasteiger partial charge is 0.146 e. The van der Waals surface area contributed by atoms with E-state index in [1.807, 2.05) is 11.8 Å². The molecule has 0 N–H and O–H groups in total. The SMILES string of the molecule is O=C1CCC[C@@H]2c3ccccc3CS[C@@H]12. The third-order valence-corrected chi connectivity index (χ3v) is 4.92. The summed E-state index contributed by atoms with van der Waals surface area (Å²) >= 11 is 1.85. The van der Waals surface area contributed by atoms with Crippen LogP contribution in [0.4, 0.5) is 0 Å². The van der Waals surface area contributed by atoms with Gasteiger partial charge in [-0.3, -0.25) is 4.79 Å². The second-order valence-electron chi connectivity index (χ2n) is 4.40. The molecule has 2 aliphatic rings. The molecular formula is C13H14OS. The highest BCUT2D eigenvalue weighted by Crippen LogP contribution is 2.44. The molecule has 0 saturated heterocycles. The molecule has 1 aromatic rings. The number of carbonyl (C=O) groups excluding carboxylic acids is 1. The fourth-order valence-corrected chi connectivity index (χ4v) is 4.19. The van der Waals surface area contributed by atoms with Crippen LogP contribution in [-0.4, -0.2) is 11.0 Å². The standard InChI is InChI=1S/C13H14OS/c14-12-7-3-6-11-10-5-2-1-4-9(10)8-15-13(11)12/h1-2,4-5,11,13H,3,6-8H2/t11-,13-/m1/s1. The van der Waals surface area contributed by atoms with Crippen molar-refractivity contribution >= 4 is 17.5 Å². The molecule has 1 aliphatic carbocycles. The van der Waals surface area contributed by atoms with Crippen LogP contribution in [0.1, 0.15) is 36.3 Å². The molecule has 0 amide bonds. The van der Waals surface area contributed by atoms with E-state index in [0.717, 1.165) is 18.6 Å². The van der Waals surface area contributed by atoms with Gasteiger partial charge in [0.05, 0.1) is 5.25 Å². The lowest BCUT2D eigenvalue weighted by atomic mass is 9.81. The molecule has 0 aromatic heterocycles. The number of Topliss-reactive ketones (excluding diaryl/α,β-unsaturated/α-hetero) is 1. The highest BCUT2D eigenvalue weighted by atomic mass is 32.2. The highest BCUT2D eigenvalue weighted by Gasteiger charge is 2.36. The minimum absolute atomic E-state index is 0.258. The van der Waals surface area contributed by atoms with Crippen molar-refractivity contribution in [1.29, 1.82) is 0 Å². The van der Waals surface area contributed by atoms with Crippen molar-refractivity contribution in [2.45, 2.75) is 36.2 Å². The lowest BCUT2D eigenvalue weighted by molar-refractivity contribution is -0.120. The van der Waals surface area contributed by atoms with Crippen LogP contribution in [0, 0.1) is 0 Å². The molecule has 1 saturated carbocycles. The Labute approximate surface area is 94.3 Å². The van der Waals surface area contributed by atoms with Gasteiger partial charge in [-0.25, -0.2) is 0 Å². The largest absolute Gasteiger partial charge is 0.298 e. The number of carbonyl (C=O) groups is 1. The zero-order chi connectivity index (χ0) is 10.3. The molecule has 0 bridgehead atoms. The summed E-state index contributed by atoms with van der Waals surface area (Å²) in [6.45, 7) is 0. The number of benzene rings is 1. The van der Waals surface area contributed by atoms with Crippen LogP contribution < -0.4 is 0 Å². The van der Waals surface area contributed by atoms with Gasteiger partial charge in [0.2, 0.25) is 0 Å². The molecule has 1 aliphatic heterocycles. The fourth-order valence-electron chi connectivity index (χ4n) is 2.75. The van der Waals surface area contributed by atoms with E-state index in [9.17, 15) is 4.79 Å². The highest BCUT2D eigenvalue weighted by molar-refractivity contribution is 8.00. The lowest BCUT2D eigenvalue weighted by Crippen LogP contribution is -2.32. The average Bonchev–Trinajstić information content (AvgIpc) is 2.29. The minimum Gasteiger partial charge on any atom is -0.298 e. The predicted molar refractivity (Wildman–Crippen MR) is 63.1 cm³/mol. The maximum atomic E-state index is 11.8. The summed E-state index contributed by atoms with van der Waals surface area (Å²) in [6.07, 6.45) is 3.08. The molecule has 0 radical (unpaired) electrons. The normalized spacial score (nSPS) is 29.5.